The van der Waals surface area contributed by atoms with Crippen LogP contribution in [0.1, 0.15) is 11.3 Å². The molecule has 1 aromatic heterocycles. The summed E-state index contributed by atoms with van der Waals surface area (Å²) in [4.78, 5) is 6.90. The molecule has 0 radical (unpaired) electrons. The lowest BCUT2D eigenvalue weighted by Crippen LogP contribution is -2.14. The van der Waals surface area contributed by atoms with Gasteiger partial charge in [0, 0.05) is 11.9 Å². The summed E-state index contributed by atoms with van der Waals surface area (Å²) < 4.78 is 44.6. The summed E-state index contributed by atoms with van der Waals surface area (Å²) in [6.45, 7) is 2.61. The van der Waals surface area contributed by atoms with Crippen molar-refractivity contribution in [2.45, 2.75) is 18.4 Å². The molecule has 148 valence electrons. The number of nitrogens with one attached hydrogen (secondary N) is 1. The smallest absolute Gasteiger partial charge is 0.304 e. The highest BCUT2D eigenvalue weighted by Crippen LogP contribution is 2.25. The van der Waals surface area contributed by atoms with Crippen LogP contribution in [0, 0.1) is 6.92 Å². The predicted molar refractivity (Wildman–Crippen MR) is 110 cm³/mol. The SMILES string of the molecule is Cc1ccc(S(=O)(=O)Nc2cccc3ccc(CN(C)C)nc23)cc1.O=S=O. The molecule has 1 N–H and O–H groups in total. The molecule has 0 spiro atoms. The fourth-order valence-electron chi connectivity index (χ4n) is 2.60. The molecule has 0 aliphatic heterocycles. The summed E-state index contributed by atoms with van der Waals surface area (Å²) in [6.07, 6.45) is 0. The maximum Gasteiger partial charge on any atom is 0.335 e. The molecule has 1 heterocycles. The Hall–Kier alpha value is -2.62. The van der Waals surface area contributed by atoms with Gasteiger partial charge < -0.3 is 4.90 Å². The lowest BCUT2D eigenvalue weighted by atomic mass is 10.2. The van der Waals surface area contributed by atoms with E-state index in [1.165, 1.54) is 0 Å². The summed E-state index contributed by atoms with van der Waals surface area (Å²) in [5.74, 6) is 0. The molecule has 0 amide bonds. The van der Waals surface area contributed by atoms with Gasteiger partial charge in [0.05, 0.1) is 21.8 Å². The molecule has 3 aromatic rings. The van der Waals surface area contributed by atoms with Crippen LogP contribution in [0.15, 0.2) is 59.5 Å². The van der Waals surface area contributed by atoms with Crippen LogP contribution in [0.25, 0.3) is 10.9 Å². The van der Waals surface area contributed by atoms with E-state index < -0.39 is 21.6 Å². The van der Waals surface area contributed by atoms with Crippen molar-refractivity contribution in [2.75, 3.05) is 18.8 Å². The van der Waals surface area contributed by atoms with E-state index in [9.17, 15) is 8.42 Å². The number of nitrogens with zero attached hydrogens (tertiary/aromatic N) is 2. The van der Waals surface area contributed by atoms with E-state index >= 15 is 0 Å². The Labute approximate surface area is 168 Å². The lowest BCUT2D eigenvalue weighted by Gasteiger charge is -2.13. The first-order valence-electron chi connectivity index (χ1n) is 8.31. The minimum atomic E-state index is -3.66. The minimum absolute atomic E-state index is 0.236. The standard InChI is InChI=1S/C19H21N3O2S.O2S/c1-14-7-11-17(12-8-14)25(23,24)21-18-6-4-5-15-9-10-16(13-22(2)3)20-19(15)18;1-3-2/h4-12,21H,13H2,1-3H3;. The van der Waals surface area contributed by atoms with Crippen LogP contribution >= 0.6 is 0 Å². The molecule has 0 saturated heterocycles. The average Bonchev–Trinajstić information content (AvgIpc) is 2.62. The number of sulfonamides is 1. The highest BCUT2D eigenvalue weighted by atomic mass is 32.2. The molecular weight excluding hydrogens is 398 g/mol. The third kappa shape index (κ3) is 5.69. The predicted octanol–water partition coefficient (Wildman–Crippen LogP) is 2.74. The van der Waals surface area contributed by atoms with E-state index in [4.69, 9.17) is 8.42 Å². The Kier molecular flexibility index (Phi) is 7.38. The number of anilines is 1. The number of hydrogen-bond donors (Lipinski definition) is 1. The number of aryl methyl sites for hydroxylation is 1. The van der Waals surface area contributed by atoms with Crippen LogP contribution in [-0.2, 0) is 28.1 Å². The summed E-state index contributed by atoms with van der Waals surface area (Å²) in [7, 11) is 0.282. The number of para-hydroxylation sites is 1. The first-order chi connectivity index (χ1) is 13.3. The van der Waals surface area contributed by atoms with Gasteiger partial charge in [-0.05, 0) is 45.3 Å². The van der Waals surface area contributed by atoms with Crippen molar-refractivity contribution in [1.82, 2.24) is 9.88 Å². The van der Waals surface area contributed by atoms with Gasteiger partial charge in [-0.2, -0.15) is 8.42 Å². The topological polar surface area (TPSA) is 96.4 Å². The van der Waals surface area contributed by atoms with Gasteiger partial charge in [-0.1, -0.05) is 35.9 Å². The summed E-state index contributed by atoms with van der Waals surface area (Å²) in [5.41, 5.74) is 3.04. The minimum Gasteiger partial charge on any atom is -0.304 e. The van der Waals surface area contributed by atoms with E-state index in [-0.39, 0.29) is 4.90 Å². The molecule has 0 bridgehead atoms. The number of hydrogen-bond acceptors (Lipinski definition) is 6. The average molecular weight is 420 g/mol. The summed E-state index contributed by atoms with van der Waals surface area (Å²) in [6, 6.07) is 16.2. The summed E-state index contributed by atoms with van der Waals surface area (Å²) >= 11 is -0.750. The Morgan fingerprint density at radius 2 is 1.64 bits per heavy atom. The Bertz CT molecular complexity index is 1090. The molecule has 7 nitrogen and oxygen atoms in total. The first-order valence-corrected chi connectivity index (χ1v) is 10.5. The van der Waals surface area contributed by atoms with Gasteiger partial charge in [0.25, 0.3) is 10.0 Å². The van der Waals surface area contributed by atoms with Crippen molar-refractivity contribution >= 4 is 38.2 Å². The van der Waals surface area contributed by atoms with E-state index in [0.717, 1.165) is 16.6 Å². The fraction of sp³-hybridized carbons (Fsp3) is 0.211. The molecule has 28 heavy (non-hydrogen) atoms. The van der Waals surface area contributed by atoms with Crippen LogP contribution in [-0.4, -0.2) is 40.8 Å². The zero-order valence-electron chi connectivity index (χ0n) is 15.7. The normalized spacial score (nSPS) is 11.0. The molecule has 0 saturated carbocycles. The number of pyridine rings is 1. The molecule has 0 fully saturated rings. The second kappa shape index (κ2) is 9.54. The molecule has 0 unspecified atom stereocenters. The maximum atomic E-state index is 12.7. The maximum absolute atomic E-state index is 12.7. The molecule has 9 heteroatoms. The van der Waals surface area contributed by atoms with Crippen LogP contribution in [0.2, 0.25) is 0 Å². The zero-order valence-corrected chi connectivity index (χ0v) is 17.4. The van der Waals surface area contributed by atoms with Crippen molar-refractivity contribution in [3.63, 3.8) is 0 Å². The van der Waals surface area contributed by atoms with E-state index in [2.05, 4.69) is 9.71 Å². The quantitative estimate of drug-likeness (QED) is 0.683. The van der Waals surface area contributed by atoms with Gasteiger partial charge >= 0.3 is 11.6 Å². The zero-order chi connectivity index (χ0) is 20.7. The van der Waals surface area contributed by atoms with Gasteiger partial charge in [-0.15, -0.1) is 0 Å². The second-order valence-corrected chi connectivity index (χ2v) is 8.22. The third-order valence-electron chi connectivity index (χ3n) is 3.83. The molecule has 3 rings (SSSR count). The molecule has 0 aliphatic carbocycles. The van der Waals surface area contributed by atoms with Crippen LogP contribution in [0.4, 0.5) is 5.69 Å². The van der Waals surface area contributed by atoms with E-state index in [1.807, 2.05) is 50.2 Å². The van der Waals surface area contributed by atoms with Crippen molar-refractivity contribution in [1.29, 1.82) is 0 Å². The van der Waals surface area contributed by atoms with Gasteiger partial charge in [0.1, 0.15) is 0 Å². The van der Waals surface area contributed by atoms with Gasteiger partial charge in [-0.3, -0.25) is 4.72 Å². The van der Waals surface area contributed by atoms with Crippen molar-refractivity contribution < 1.29 is 16.8 Å². The highest BCUT2D eigenvalue weighted by Gasteiger charge is 2.16. The largest absolute Gasteiger partial charge is 0.335 e. The van der Waals surface area contributed by atoms with Crippen LogP contribution in [0.5, 0.6) is 0 Å². The van der Waals surface area contributed by atoms with E-state index in [1.54, 1.807) is 30.3 Å². The number of benzene rings is 2. The van der Waals surface area contributed by atoms with E-state index in [0.29, 0.717) is 17.7 Å². The third-order valence-corrected chi connectivity index (χ3v) is 5.21. The van der Waals surface area contributed by atoms with Crippen molar-refractivity contribution in [3.05, 3.63) is 65.9 Å². The monoisotopic (exact) mass is 419 g/mol. The van der Waals surface area contributed by atoms with Crippen molar-refractivity contribution in [3.8, 4) is 0 Å². The second-order valence-electron chi connectivity index (χ2n) is 6.40. The molecule has 0 atom stereocenters. The number of fused-ring (bicyclic) bond motifs is 1. The number of aromatic nitrogens is 1. The summed E-state index contributed by atoms with van der Waals surface area (Å²) in [5, 5.41) is 0.895. The highest BCUT2D eigenvalue weighted by molar-refractivity contribution is 7.92. The van der Waals surface area contributed by atoms with Gasteiger partial charge in [0.15, 0.2) is 0 Å². The molecule has 0 aliphatic rings. The fourth-order valence-corrected chi connectivity index (χ4v) is 3.67. The Morgan fingerprint density at radius 3 is 2.25 bits per heavy atom. The Balaban J connectivity index is 0.000000878. The number of rotatable bonds is 5. The van der Waals surface area contributed by atoms with Gasteiger partial charge in [-0.25, -0.2) is 13.4 Å². The van der Waals surface area contributed by atoms with Crippen molar-refractivity contribution in [2.24, 2.45) is 0 Å². The van der Waals surface area contributed by atoms with Gasteiger partial charge in [0.2, 0.25) is 0 Å². The van der Waals surface area contributed by atoms with Crippen LogP contribution in [0.3, 0.4) is 0 Å². The first kappa shape index (κ1) is 21.7. The molecular formula is C19H21N3O4S2. The Morgan fingerprint density at radius 1 is 1.00 bits per heavy atom. The molecule has 2 aromatic carbocycles. The lowest BCUT2D eigenvalue weighted by molar-refractivity contribution is 0.397. The van der Waals surface area contributed by atoms with Crippen LogP contribution < -0.4 is 4.72 Å².